The highest BCUT2D eigenvalue weighted by Crippen LogP contribution is 2.30. The Morgan fingerprint density at radius 2 is 1.75 bits per heavy atom. The number of amides is 2. The molecule has 0 aliphatic carbocycles. The lowest BCUT2D eigenvalue weighted by atomic mass is 10.1. The Morgan fingerprint density at radius 3 is 2.50 bits per heavy atom. The SMILES string of the molecule is Cc1cnc2nc(Oc3ccc(CCN4CCN(C(=O)N5CCCC5)CC4)cc3)sc2c1. The fourth-order valence-corrected chi connectivity index (χ4v) is 5.22. The summed E-state index contributed by atoms with van der Waals surface area (Å²) in [6.45, 7) is 8.45. The van der Waals surface area contributed by atoms with Gasteiger partial charge in [0.2, 0.25) is 0 Å². The molecule has 0 saturated carbocycles. The van der Waals surface area contributed by atoms with Crippen LogP contribution in [0, 0.1) is 6.92 Å². The summed E-state index contributed by atoms with van der Waals surface area (Å²) in [5.74, 6) is 0.790. The molecule has 5 rings (SSSR count). The van der Waals surface area contributed by atoms with E-state index in [2.05, 4.69) is 33.1 Å². The summed E-state index contributed by atoms with van der Waals surface area (Å²) < 4.78 is 6.99. The number of rotatable bonds is 5. The first-order chi connectivity index (χ1) is 15.6. The minimum absolute atomic E-state index is 0.233. The first-order valence-electron chi connectivity index (χ1n) is 11.4. The molecule has 1 aromatic carbocycles. The molecule has 3 aromatic rings. The number of aryl methyl sites for hydroxylation is 1. The van der Waals surface area contributed by atoms with E-state index in [-0.39, 0.29) is 6.03 Å². The number of ether oxygens (including phenoxy) is 1. The zero-order valence-electron chi connectivity index (χ0n) is 18.5. The Morgan fingerprint density at radius 1 is 1.03 bits per heavy atom. The number of pyridine rings is 1. The molecule has 32 heavy (non-hydrogen) atoms. The predicted octanol–water partition coefficient (Wildman–Crippen LogP) is 4.17. The number of thiazole rings is 1. The Kier molecular flexibility index (Phi) is 6.23. The average molecular weight is 452 g/mol. The van der Waals surface area contributed by atoms with E-state index in [1.807, 2.05) is 35.1 Å². The van der Waals surface area contributed by atoms with Gasteiger partial charge in [0.25, 0.3) is 5.19 Å². The van der Waals surface area contributed by atoms with Crippen LogP contribution in [0.5, 0.6) is 10.9 Å². The molecule has 0 N–H and O–H groups in total. The molecule has 0 spiro atoms. The van der Waals surface area contributed by atoms with E-state index in [4.69, 9.17) is 4.74 Å². The summed E-state index contributed by atoms with van der Waals surface area (Å²) in [6.07, 6.45) is 5.11. The summed E-state index contributed by atoms with van der Waals surface area (Å²) in [5, 5.41) is 0.618. The van der Waals surface area contributed by atoms with Crippen LogP contribution >= 0.6 is 11.3 Å². The van der Waals surface area contributed by atoms with Crippen molar-refractivity contribution >= 4 is 27.7 Å². The zero-order valence-corrected chi connectivity index (χ0v) is 19.3. The van der Waals surface area contributed by atoms with Crippen LogP contribution in [0.1, 0.15) is 24.0 Å². The Labute approximate surface area is 192 Å². The van der Waals surface area contributed by atoms with Crippen LogP contribution < -0.4 is 4.74 Å². The number of carbonyl (C=O) groups is 1. The van der Waals surface area contributed by atoms with Crippen molar-refractivity contribution in [3.8, 4) is 10.9 Å². The number of nitrogens with zero attached hydrogens (tertiary/aromatic N) is 5. The quantitative estimate of drug-likeness (QED) is 0.583. The largest absolute Gasteiger partial charge is 0.431 e. The highest BCUT2D eigenvalue weighted by Gasteiger charge is 2.26. The van der Waals surface area contributed by atoms with E-state index in [0.29, 0.717) is 5.19 Å². The van der Waals surface area contributed by atoms with Gasteiger partial charge in [-0.1, -0.05) is 23.5 Å². The second-order valence-corrected chi connectivity index (χ2v) is 9.61. The fraction of sp³-hybridized carbons (Fsp3) is 0.458. The van der Waals surface area contributed by atoms with Crippen molar-refractivity contribution in [1.82, 2.24) is 24.7 Å². The third-order valence-corrected chi connectivity index (χ3v) is 7.10. The van der Waals surface area contributed by atoms with Crippen molar-refractivity contribution in [3.05, 3.63) is 47.7 Å². The second-order valence-electron chi connectivity index (χ2n) is 8.62. The Balaban J connectivity index is 1.09. The van der Waals surface area contributed by atoms with Crippen LogP contribution in [0.25, 0.3) is 10.3 Å². The molecule has 168 valence electrons. The maximum Gasteiger partial charge on any atom is 0.320 e. The standard InChI is InChI=1S/C24H29N5O2S/c1-18-16-21-22(25-17-18)26-23(32-21)31-20-6-4-19(5-7-20)8-11-27-12-14-29(15-13-27)24(30)28-9-2-3-10-28/h4-7,16-17H,2-3,8-15H2,1H3. The van der Waals surface area contributed by atoms with E-state index >= 15 is 0 Å². The number of urea groups is 1. The van der Waals surface area contributed by atoms with Crippen molar-refractivity contribution in [3.63, 3.8) is 0 Å². The van der Waals surface area contributed by atoms with Gasteiger partial charge in [-0.05, 0) is 55.5 Å². The van der Waals surface area contributed by atoms with Gasteiger partial charge in [0.05, 0.1) is 4.70 Å². The molecule has 0 bridgehead atoms. The van der Waals surface area contributed by atoms with Gasteiger partial charge < -0.3 is 14.5 Å². The monoisotopic (exact) mass is 451 g/mol. The Bertz CT molecular complexity index is 1070. The maximum absolute atomic E-state index is 12.5. The van der Waals surface area contributed by atoms with E-state index in [1.165, 1.54) is 16.9 Å². The number of aromatic nitrogens is 2. The summed E-state index contributed by atoms with van der Waals surface area (Å²) in [5.41, 5.74) is 3.14. The zero-order chi connectivity index (χ0) is 21.9. The number of likely N-dealkylation sites (tertiary alicyclic amines) is 1. The van der Waals surface area contributed by atoms with Gasteiger partial charge in [-0.2, -0.15) is 4.98 Å². The molecule has 2 fully saturated rings. The van der Waals surface area contributed by atoms with Crippen LogP contribution in [0.2, 0.25) is 0 Å². The van der Waals surface area contributed by atoms with Crippen LogP contribution in [0.15, 0.2) is 36.5 Å². The maximum atomic E-state index is 12.5. The van der Waals surface area contributed by atoms with Crippen molar-refractivity contribution in [2.24, 2.45) is 0 Å². The van der Waals surface area contributed by atoms with Gasteiger partial charge >= 0.3 is 6.03 Å². The minimum Gasteiger partial charge on any atom is -0.431 e. The molecular weight excluding hydrogens is 422 g/mol. The molecule has 2 aliphatic rings. The molecular formula is C24H29N5O2S. The third-order valence-electron chi connectivity index (χ3n) is 6.23. The Hall–Kier alpha value is -2.71. The van der Waals surface area contributed by atoms with Crippen molar-refractivity contribution in [2.45, 2.75) is 26.2 Å². The van der Waals surface area contributed by atoms with Crippen LogP contribution in [-0.2, 0) is 6.42 Å². The minimum atomic E-state index is 0.233. The number of piperazine rings is 1. The highest BCUT2D eigenvalue weighted by molar-refractivity contribution is 7.20. The number of hydrogen-bond donors (Lipinski definition) is 0. The van der Waals surface area contributed by atoms with E-state index < -0.39 is 0 Å². The third kappa shape index (κ3) is 4.86. The van der Waals surface area contributed by atoms with Gasteiger partial charge in [0.1, 0.15) is 5.75 Å². The van der Waals surface area contributed by atoms with Crippen LogP contribution in [-0.4, -0.2) is 76.5 Å². The topological polar surface area (TPSA) is 61.8 Å². The molecule has 7 nitrogen and oxygen atoms in total. The second kappa shape index (κ2) is 9.42. The molecule has 4 heterocycles. The lowest BCUT2D eigenvalue weighted by Crippen LogP contribution is -2.52. The summed E-state index contributed by atoms with van der Waals surface area (Å²) in [6, 6.07) is 10.6. The van der Waals surface area contributed by atoms with Gasteiger partial charge in [0, 0.05) is 52.0 Å². The van der Waals surface area contributed by atoms with Crippen molar-refractivity contribution in [2.75, 3.05) is 45.8 Å². The van der Waals surface area contributed by atoms with E-state index in [1.54, 1.807) is 0 Å². The summed E-state index contributed by atoms with van der Waals surface area (Å²) >= 11 is 1.52. The lowest BCUT2D eigenvalue weighted by molar-refractivity contribution is 0.119. The molecule has 2 aromatic heterocycles. The number of carbonyl (C=O) groups excluding carboxylic acids is 1. The summed E-state index contributed by atoms with van der Waals surface area (Å²) in [7, 11) is 0. The molecule has 8 heteroatoms. The molecule has 0 unspecified atom stereocenters. The van der Waals surface area contributed by atoms with E-state index in [9.17, 15) is 4.79 Å². The van der Waals surface area contributed by atoms with Crippen LogP contribution in [0.4, 0.5) is 4.79 Å². The van der Waals surface area contributed by atoms with Gasteiger partial charge in [0.15, 0.2) is 5.65 Å². The van der Waals surface area contributed by atoms with Gasteiger partial charge in [-0.3, -0.25) is 4.90 Å². The van der Waals surface area contributed by atoms with E-state index in [0.717, 1.165) is 86.7 Å². The number of benzene rings is 1. The predicted molar refractivity (Wildman–Crippen MR) is 127 cm³/mol. The molecule has 0 atom stereocenters. The fourth-order valence-electron chi connectivity index (χ4n) is 4.32. The first kappa shape index (κ1) is 21.2. The number of hydrogen-bond acceptors (Lipinski definition) is 6. The van der Waals surface area contributed by atoms with Gasteiger partial charge in [-0.15, -0.1) is 0 Å². The lowest BCUT2D eigenvalue weighted by Gasteiger charge is -2.36. The average Bonchev–Trinajstić information content (AvgIpc) is 3.48. The van der Waals surface area contributed by atoms with Crippen LogP contribution in [0.3, 0.4) is 0 Å². The first-order valence-corrected chi connectivity index (χ1v) is 12.2. The molecule has 0 radical (unpaired) electrons. The smallest absolute Gasteiger partial charge is 0.320 e. The van der Waals surface area contributed by atoms with Gasteiger partial charge in [-0.25, -0.2) is 9.78 Å². The highest BCUT2D eigenvalue weighted by atomic mass is 32.1. The summed E-state index contributed by atoms with van der Waals surface area (Å²) in [4.78, 5) is 27.8. The number of fused-ring (bicyclic) bond motifs is 1. The molecule has 2 aliphatic heterocycles. The van der Waals surface area contributed by atoms with Crippen molar-refractivity contribution < 1.29 is 9.53 Å². The molecule has 2 amide bonds. The normalized spacial score (nSPS) is 17.3. The van der Waals surface area contributed by atoms with Crippen molar-refractivity contribution in [1.29, 1.82) is 0 Å². The molecule has 2 saturated heterocycles.